The number of hydrogen-bond donors (Lipinski definition) is 0. The number of rotatable bonds is 4. The minimum absolute atomic E-state index is 0.0397. The van der Waals surface area contributed by atoms with E-state index in [4.69, 9.17) is 4.84 Å². The van der Waals surface area contributed by atoms with Crippen molar-refractivity contribution < 1.29 is 39.6 Å². The van der Waals surface area contributed by atoms with Gasteiger partial charge in [-0.3, -0.25) is 4.84 Å². The van der Waals surface area contributed by atoms with Crippen LogP contribution < -0.4 is 5.06 Å². The van der Waals surface area contributed by atoms with Gasteiger partial charge in [-0.25, -0.2) is 18.5 Å². The lowest BCUT2D eigenvalue weighted by Gasteiger charge is -2.27. The summed E-state index contributed by atoms with van der Waals surface area (Å²) >= 11 is 0. The Bertz CT molecular complexity index is 1250. The Morgan fingerprint density at radius 1 is 0.853 bits per heavy atom. The second kappa shape index (κ2) is 8.58. The van der Waals surface area contributed by atoms with Crippen molar-refractivity contribution in [3.8, 4) is 0 Å². The van der Waals surface area contributed by atoms with E-state index in [2.05, 4.69) is 4.98 Å². The number of alkyl halides is 6. The highest BCUT2D eigenvalue weighted by atomic mass is 32.2. The van der Waals surface area contributed by atoms with Crippen LogP contribution in [0.3, 0.4) is 0 Å². The molecule has 0 radical (unpaired) electrons. The molecule has 180 valence electrons. The van der Waals surface area contributed by atoms with Gasteiger partial charge in [-0.05, 0) is 42.0 Å². The van der Waals surface area contributed by atoms with Gasteiger partial charge >= 0.3 is 12.4 Å². The van der Waals surface area contributed by atoms with Crippen molar-refractivity contribution in [1.29, 1.82) is 0 Å². The molecule has 0 unspecified atom stereocenters. The summed E-state index contributed by atoms with van der Waals surface area (Å²) in [5.41, 5.74) is -1.41. The van der Waals surface area contributed by atoms with E-state index in [1.54, 1.807) is 6.07 Å². The number of sulfone groups is 1. The second-order valence-corrected chi connectivity index (χ2v) is 9.53. The van der Waals surface area contributed by atoms with Crippen LogP contribution in [0.5, 0.6) is 0 Å². The molecule has 0 saturated carbocycles. The Balaban J connectivity index is 1.96. The van der Waals surface area contributed by atoms with Gasteiger partial charge in [0.2, 0.25) is 15.9 Å². The van der Waals surface area contributed by atoms with Crippen LogP contribution in [0.4, 0.5) is 32.0 Å². The maximum atomic E-state index is 14.1. The number of para-hydroxylation sites is 1. The van der Waals surface area contributed by atoms with Crippen LogP contribution in [0.25, 0.3) is 0 Å². The SMILES string of the molecule is O=S(=O)(c1ccccn1)[C@@H]1[C@@H](c2cccc(C(F)(F)F)c2)N(c2ccccc2)O[C@H]1C(F)(F)F. The summed E-state index contributed by atoms with van der Waals surface area (Å²) in [4.78, 5) is 8.83. The Morgan fingerprint density at radius 3 is 2.12 bits per heavy atom. The number of aromatic nitrogens is 1. The molecule has 12 heteroatoms. The molecular formula is C22H16F6N2O3S. The molecule has 3 atom stereocenters. The van der Waals surface area contributed by atoms with Gasteiger partial charge in [0.1, 0.15) is 11.3 Å². The third kappa shape index (κ3) is 4.47. The molecule has 2 aromatic carbocycles. The first-order valence-electron chi connectivity index (χ1n) is 9.80. The monoisotopic (exact) mass is 502 g/mol. The fourth-order valence-corrected chi connectivity index (χ4v) is 5.69. The molecule has 0 bridgehead atoms. The predicted octanol–water partition coefficient (Wildman–Crippen LogP) is 5.37. The Kier molecular flexibility index (Phi) is 6.06. The van der Waals surface area contributed by atoms with Gasteiger partial charge in [-0.2, -0.15) is 26.3 Å². The molecule has 4 rings (SSSR count). The minimum atomic E-state index is -5.16. The molecule has 1 aliphatic heterocycles. The van der Waals surface area contributed by atoms with Crippen molar-refractivity contribution in [3.63, 3.8) is 0 Å². The van der Waals surface area contributed by atoms with E-state index >= 15 is 0 Å². The average Bonchev–Trinajstić information content (AvgIpc) is 3.22. The van der Waals surface area contributed by atoms with E-state index in [1.165, 1.54) is 36.4 Å². The molecule has 3 aromatic rings. The summed E-state index contributed by atoms with van der Waals surface area (Å²) in [6, 6.07) is 12.7. The summed E-state index contributed by atoms with van der Waals surface area (Å²) in [5, 5.41) is -2.28. The smallest absolute Gasteiger partial charge is 0.258 e. The molecule has 34 heavy (non-hydrogen) atoms. The maximum absolute atomic E-state index is 14.1. The van der Waals surface area contributed by atoms with Crippen LogP contribution in [0.1, 0.15) is 17.2 Å². The fraction of sp³-hybridized carbons (Fsp3) is 0.227. The standard InChI is InChI=1S/C22H16F6N2O3S/c23-21(24,25)15-8-6-7-14(13-15)18-19(34(31,32)17-11-4-5-12-29-17)20(22(26,27)28)33-30(18)16-9-2-1-3-10-16/h1-13,18-20H/t18-,19-,20-/m1/s1. The first-order chi connectivity index (χ1) is 15.9. The van der Waals surface area contributed by atoms with Crippen molar-refractivity contribution in [2.45, 2.75) is 34.8 Å². The van der Waals surface area contributed by atoms with E-state index in [0.29, 0.717) is 11.1 Å². The number of benzene rings is 2. The van der Waals surface area contributed by atoms with Gasteiger partial charge in [0.25, 0.3) is 0 Å². The summed E-state index contributed by atoms with van der Waals surface area (Å²) < 4.78 is 109. The first-order valence-corrected chi connectivity index (χ1v) is 11.4. The molecule has 5 nitrogen and oxygen atoms in total. The topological polar surface area (TPSA) is 59.5 Å². The van der Waals surface area contributed by atoms with Crippen LogP contribution in [0, 0.1) is 0 Å². The van der Waals surface area contributed by atoms with Crippen LogP contribution in [0.2, 0.25) is 0 Å². The fourth-order valence-electron chi connectivity index (χ4n) is 3.80. The first kappa shape index (κ1) is 24.0. The highest BCUT2D eigenvalue weighted by Crippen LogP contribution is 2.48. The van der Waals surface area contributed by atoms with Crippen molar-refractivity contribution >= 4 is 15.5 Å². The average molecular weight is 502 g/mol. The largest absolute Gasteiger partial charge is 0.418 e. The third-order valence-electron chi connectivity index (χ3n) is 5.27. The number of anilines is 1. The van der Waals surface area contributed by atoms with Crippen molar-refractivity contribution in [3.05, 3.63) is 90.1 Å². The zero-order chi connectivity index (χ0) is 24.7. The van der Waals surface area contributed by atoms with Gasteiger partial charge in [-0.15, -0.1) is 0 Å². The Labute approximate surface area is 190 Å². The van der Waals surface area contributed by atoms with E-state index < -0.39 is 50.2 Å². The minimum Gasteiger partial charge on any atom is -0.258 e. The van der Waals surface area contributed by atoms with Crippen LogP contribution in [0.15, 0.2) is 84.0 Å². The molecule has 0 amide bonds. The van der Waals surface area contributed by atoms with Crippen molar-refractivity contribution in [1.82, 2.24) is 4.98 Å². The summed E-state index contributed by atoms with van der Waals surface area (Å²) in [7, 11) is -4.84. The number of halogens is 6. The Hall–Kier alpha value is -3.12. The second-order valence-electron chi connectivity index (χ2n) is 7.47. The molecule has 1 saturated heterocycles. The predicted molar refractivity (Wildman–Crippen MR) is 109 cm³/mol. The van der Waals surface area contributed by atoms with Gasteiger partial charge in [0.05, 0.1) is 11.3 Å². The van der Waals surface area contributed by atoms with Crippen LogP contribution in [-0.2, 0) is 20.9 Å². The van der Waals surface area contributed by atoms with Gasteiger partial charge in [0.15, 0.2) is 5.03 Å². The highest BCUT2D eigenvalue weighted by molar-refractivity contribution is 7.92. The number of pyridine rings is 1. The van der Waals surface area contributed by atoms with E-state index in [0.717, 1.165) is 30.5 Å². The number of hydroxylamine groups is 1. The van der Waals surface area contributed by atoms with Gasteiger partial charge in [0, 0.05) is 6.20 Å². The summed E-state index contributed by atoms with van der Waals surface area (Å²) in [6.45, 7) is 0. The van der Waals surface area contributed by atoms with Crippen LogP contribution >= 0.6 is 0 Å². The quantitative estimate of drug-likeness (QED) is 0.450. The van der Waals surface area contributed by atoms with E-state index in [1.807, 2.05) is 0 Å². The molecule has 1 aromatic heterocycles. The van der Waals surface area contributed by atoms with Crippen molar-refractivity contribution in [2.24, 2.45) is 0 Å². The zero-order valence-corrected chi connectivity index (χ0v) is 17.8. The third-order valence-corrected chi connectivity index (χ3v) is 7.31. The molecule has 2 heterocycles. The van der Waals surface area contributed by atoms with E-state index in [-0.39, 0.29) is 11.3 Å². The van der Waals surface area contributed by atoms with Gasteiger partial charge in [-0.1, -0.05) is 36.4 Å². The molecule has 0 spiro atoms. The summed E-state index contributed by atoms with van der Waals surface area (Å²) in [5.74, 6) is 0. The lowest BCUT2D eigenvalue weighted by atomic mass is 9.98. The number of hydrogen-bond acceptors (Lipinski definition) is 5. The molecule has 0 N–H and O–H groups in total. The molecule has 1 aliphatic rings. The highest BCUT2D eigenvalue weighted by Gasteiger charge is 2.62. The zero-order valence-electron chi connectivity index (χ0n) is 17.0. The Morgan fingerprint density at radius 2 is 1.53 bits per heavy atom. The lowest BCUT2D eigenvalue weighted by Crippen LogP contribution is -2.43. The van der Waals surface area contributed by atoms with E-state index in [9.17, 15) is 34.8 Å². The summed E-state index contributed by atoms with van der Waals surface area (Å²) in [6.07, 6.45) is -11.7. The molecule has 1 fully saturated rings. The molecular weight excluding hydrogens is 486 g/mol. The number of nitrogens with zero attached hydrogens (tertiary/aromatic N) is 2. The normalized spacial score (nSPS) is 21.6. The van der Waals surface area contributed by atoms with Crippen molar-refractivity contribution in [2.75, 3.05) is 5.06 Å². The maximum Gasteiger partial charge on any atom is 0.418 e. The lowest BCUT2D eigenvalue weighted by molar-refractivity contribution is -0.208. The molecule has 0 aliphatic carbocycles. The van der Waals surface area contributed by atoms with Gasteiger partial charge < -0.3 is 0 Å². The van der Waals surface area contributed by atoms with Crippen LogP contribution in [-0.4, -0.2) is 30.9 Å².